The molecule has 0 N–H and O–H groups in total. The van der Waals surface area contributed by atoms with Gasteiger partial charge in [-0.25, -0.2) is 4.98 Å². The number of nitrogens with zero attached hydrogens (tertiary/aromatic N) is 2. The minimum Gasteiger partial charge on any atom is -0.486 e. The lowest BCUT2D eigenvalue weighted by Crippen LogP contribution is -2.36. The van der Waals surface area contributed by atoms with Gasteiger partial charge in [0, 0.05) is 23.7 Å². The van der Waals surface area contributed by atoms with Crippen molar-refractivity contribution in [1.82, 2.24) is 4.98 Å². The van der Waals surface area contributed by atoms with Crippen molar-refractivity contribution in [3.05, 3.63) is 53.6 Å². The van der Waals surface area contributed by atoms with Crippen LogP contribution in [0, 0.1) is 6.92 Å². The fourth-order valence-corrected chi connectivity index (χ4v) is 4.81. The third-order valence-electron chi connectivity index (χ3n) is 5.37. The molecule has 0 radical (unpaired) electrons. The minimum absolute atomic E-state index is 0.130. The number of aryl methyl sites for hydroxylation is 2. The highest BCUT2D eigenvalue weighted by Gasteiger charge is 2.22. The van der Waals surface area contributed by atoms with Gasteiger partial charge in [-0.15, -0.1) is 0 Å². The molecule has 0 saturated carbocycles. The SMILES string of the molecule is Cc1cc2cc3c(cc2nc1SCC(=O)N1CCCc2ccccc21)OCCO3. The number of thioether (sulfide) groups is 1. The Balaban J connectivity index is 1.37. The van der Waals surface area contributed by atoms with Gasteiger partial charge in [0.25, 0.3) is 0 Å². The molecular formula is C23H22N2O3S. The topological polar surface area (TPSA) is 51.7 Å². The Kier molecular flexibility index (Phi) is 4.79. The zero-order valence-corrected chi connectivity index (χ0v) is 17.1. The lowest BCUT2D eigenvalue weighted by atomic mass is 10.0. The molecule has 0 fully saturated rings. The van der Waals surface area contributed by atoms with Crippen molar-refractivity contribution in [3.8, 4) is 11.5 Å². The molecule has 148 valence electrons. The van der Waals surface area contributed by atoms with E-state index < -0.39 is 0 Å². The first kappa shape index (κ1) is 18.3. The molecule has 1 amide bonds. The Labute approximate surface area is 174 Å². The van der Waals surface area contributed by atoms with E-state index in [4.69, 9.17) is 14.5 Å². The number of para-hydroxylation sites is 1. The maximum Gasteiger partial charge on any atom is 0.237 e. The predicted molar refractivity (Wildman–Crippen MR) is 115 cm³/mol. The molecular weight excluding hydrogens is 384 g/mol. The molecule has 2 aliphatic heterocycles. The van der Waals surface area contributed by atoms with Gasteiger partial charge in [0.15, 0.2) is 11.5 Å². The van der Waals surface area contributed by atoms with Gasteiger partial charge in [-0.3, -0.25) is 4.79 Å². The molecule has 5 nitrogen and oxygen atoms in total. The van der Waals surface area contributed by atoms with Crippen LogP contribution in [-0.2, 0) is 11.2 Å². The smallest absolute Gasteiger partial charge is 0.237 e. The van der Waals surface area contributed by atoms with Gasteiger partial charge < -0.3 is 14.4 Å². The van der Waals surface area contributed by atoms with E-state index in [9.17, 15) is 4.79 Å². The number of hydrogen-bond acceptors (Lipinski definition) is 5. The second-order valence-electron chi connectivity index (χ2n) is 7.37. The highest BCUT2D eigenvalue weighted by Crippen LogP contribution is 2.36. The number of benzene rings is 2. The van der Waals surface area contributed by atoms with E-state index in [0.717, 1.165) is 58.1 Å². The van der Waals surface area contributed by atoms with E-state index in [1.54, 1.807) is 0 Å². The largest absolute Gasteiger partial charge is 0.486 e. The first-order valence-electron chi connectivity index (χ1n) is 9.91. The van der Waals surface area contributed by atoms with Crippen molar-refractivity contribution in [1.29, 1.82) is 0 Å². The zero-order chi connectivity index (χ0) is 19.8. The third-order valence-corrected chi connectivity index (χ3v) is 6.44. The van der Waals surface area contributed by atoms with Gasteiger partial charge in [-0.05, 0) is 49.1 Å². The quantitative estimate of drug-likeness (QED) is 0.604. The number of pyridine rings is 1. The van der Waals surface area contributed by atoms with Crippen LogP contribution < -0.4 is 14.4 Å². The van der Waals surface area contributed by atoms with Crippen molar-refractivity contribution in [3.63, 3.8) is 0 Å². The second-order valence-corrected chi connectivity index (χ2v) is 8.33. The van der Waals surface area contributed by atoms with Crippen molar-refractivity contribution < 1.29 is 14.3 Å². The van der Waals surface area contributed by atoms with Crippen LogP contribution in [0.1, 0.15) is 17.5 Å². The summed E-state index contributed by atoms with van der Waals surface area (Å²) in [5.41, 5.74) is 4.23. The summed E-state index contributed by atoms with van der Waals surface area (Å²) in [5, 5.41) is 1.90. The molecule has 0 atom stereocenters. The van der Waals surface area contributed by atoms with Gasteiger partial charge in [0.05, 0.1) is 11.3 Å². The summed E-state index contributed by atoms with van der Waals surface area (Å²) in [6, 6.07) is 14.2. The summed E-state index contributed by atoms with van der Waals surface area (Å²) in [6.45, 7) is 3.94. The first-order valence-corrected chi connectivity index (χ1v) is 10.9. The summed E-state index contributed by atoms with van der Waals surface area (Å²) in [4.78, 5) is 19.7. The molecule has 2 aliphatic rings. The third kappa shape index (κ3) is 3.53. The first-order chi connectivity index (χ1) is 14.2. The Hall–Kier alpha value is -2.73. The van der Waals surface area contributed by atoms with Crippen molar-refractivity contribution in [2.75, 3.05) is 30.4 Å². The summed E-state index contributed by atoms with van der Waals surface area (Å²) in [6.07, 6.45) is 2.04. The number of carbonyl (C=O) groups is 1. The predicted octanol–water partition coefficient (Wildman–Crippen LogP) is 4.39. The van der Waals surface area contributed by atoms with Crippen LogP contribution in [0.15, 0.2) is 47.5 Å². The number of hydrogen-bond donors (Lipinski definition) is 0. The highest BCUT2D eigenvalue weighted by molar-refractivity contribution is 8.00. The second kappa shape index (κ2) is 7.59. The molecule has 1 aromatic heterocycles. The van der Waals surface area contributed by atoms with Gasteiger partial charge in [0.1, 0.15) is 18.2 Å². The minimum atomic E-state index is 0.130. The number of carbonyl (C=O) groups excluding carboxylic acids is 1. The molecule has 0 aliphatic carbocycles. The average Bonchev–Trinajstić information content (AvgIpc) is 2.75. The van der Waals surface area contributed by atoms with Crippen LogP contribution >= 0.6 is 11.8 Å². The lowest BCUT2D eigenvalue weighted by Gasteiger charge is -2.29. The number of ether oxygens (including phenoxy) is 2. The summed E-state index contributed by atoms with van der Waals surface area (Å²) in [5.74, 6) is 2.00. The van der Waals surface area contributed by atoms with E-state index in [0.29, 0.717) is 19.0 Å². The number of aromatic nitrogens is 1. The Morgan fingerprint density at radius 3 is 2.79 bits per heavy atom. The van der Waals surface area contributed by atoms with E-state index in [1.165, 1.54) is 17.3 Å². The Morgan fingerprint density at radius 2 is 1.93 bits per heavy atom. The fraction of sp³-hybridized carbons (Fsp3) is 0.304. The monoisotopic (exact) mass is 406 g/mol. The molecule has 3 aromatic rings. The normalized spacial score (nSPS) is 15.3. The molecule has 6 heteroatoms. The number of rotatable bonds is 3. The zero-order valence-electron chi connectivity index (χ0n) is 16.3. The summed E-state index contributed by atoms with van der Waals surface area (Å²) >= 11 is 1.50. The van der Waals surface area contributed by atoms with Crippen molar-refractivity contribution >= 4 is 34.3 Å². The Bertz CT molecular complexity index is 1100. The van der Waals surface area contributed by atoms with Crippen LogP contribution in [0.2, 0.25) is 0 Å². The van der Waals surface area contributed by atoms with E-state index in [-0.39, 0.29) is 5.91 Å². The highest BCUT2D eigenvalue weighted by atomic mass is 32.2. The maximum absolute atomic E-state index is 12.9. The van der Waals surface area contributed by atoms with Crippen molar-refractivity contribution in [2.24, 2.45) is 0 Å². The molecule has 2 aromatic carbocycles. The van der Waals surface area contributed by atoms with Gasteiger partial charge in [-0.1, -0.05) is 30.0 Å². The molecule has 29 heavy (non-hydrogen) atoms. The van der Waals surface area contributed by atoms with Crippen molar-refractivity contribution in [2.45, 2.75) is 24.8 Å². The Morgan fingerprint density at radius 1 is 1.14 bits per heavy atom. The molecule has 5 rings (SSSR count). The van der Waals surface area contributed by atoms with Crippen LogP contribution in [-0.4, -0.2) is 36.4 Å². The number of fused-ring (bicyclic) bond motifs is 3. The molecule has 0 spiro atoms. The molecule has 0 saturated heterocycles. The molecule has 0 bridgehead atoms. The molecule has 3 heterocycles. The summed E-state index contributed by atoms with van der Waals surface area (Å²) < 4.78 is 11.3. The fourth-order valence-electron chi connectivity index (χ4n) is 3.95. The van der Waals surface area contributed by atoms with Crippen LogP contribution in [0.25, 0.3) is 10.9 Å². The van der Waals surface area contributed by atoms with Crippen LogP contribution in [0.3, 0.4) is 0 Å². The van der Waals surface area contributed by atoms with E-state index in [1.807, 2.05) is 42.2 Å². The number of anilines is 1. The van der Waals surface area contributed by atoms with Gasteiger partial charge >= 0.3 is 0 Å². The van der Waals surface area contributed by atoms with Crippen LogP contribution in [0.4, 0.5) is 5.69 Å². The maximum atomic E-state index is 12.9. The van der Waals surface area contributed by atoms with Gasteiger partial charge in [-0.2, -0.15) is 0 Å². The number of amides is 1. The van der Waals surface area contributed by atoms with E-state index >= 15 is 0 Å². The van der Waals surface area contributed by atoms with Gasteiger partial charge in [0.2, 0.25) is 5.91 Å². The lowest BCUT2D eigenvalue weighted by molar-refractivity contribution is -0.116. The van der Waals surface area contributed by atoms with Crippen LogP contribution in [0.5, 0.6) is 11.5 Å². The standard InChI is InChI=1S/C23H22N2O3S/c1-15-11-17-12-20-21(28-10-9-27-20)13-18(17)24-23(15)29-14-22(26)25-8-4-6-16-5-2-3-7-19(16)25/h2-3,5,7,11-13H,4,6,8-10,14H2,1H3. The molecule has 0 unspecified atom stereocenters. The average molecular weight is 407 g/mol. The van der Waals surface area contributed by atoms with E-state index in [2.05, 4.69) is 12.1 Å². The summed E-state index contributed by atoms with van der Waals surface area (Å²) in [7, 11) is 0.